The number of aromatic nitrogens is 4. The Morgan fingerprint density at radius 3 is 2.67 bits per heavy atom. The number of thiophene rings is 1. The van der Waals surface area contributed by atoms with Gasteiger partial charge in [-0.05, 0) is 80.8 Å². The summed E-state index contributed by atoms with van der Waals surface area (Å²) in [6.45, 7) is 4.92. The Kier molecular flexibility index (Phi) is 6.15. The van der Waals surface area contributed by atoms with Crippen LogP contribution in [0.5, 0.6) is 0 Å². The Morgan fingerprint density at radius 2 is 1.94 bits per heavy atom. The van der Waals surface area contributed by atoms with Crippen LogP contribution in [0.4, 0.5) is 5.82 Å². The lowest BCUT2D eigenvalue weighted by molar-refractivity contribution is 0.583. The van der Waals surface area contributed by atoms with Crippen LogP contribution in [0.25, 0.3) is 33.6 Å². The molecular weight excluding hydrogens is 456 g/mol. The number of nitrogens with one attached hydrogen (secondary N) is 1. The molecule has 10 heteroatoms. The van der Waals surface area contributed by atoms with E-state index in [1.54, 1.807) is 17.5 Å². The Hall–Kier alpha value is -2.79. The molecule has 0 bridgehead atoms. The maximum Gasteiger partial charge on any atom is 0.270 e. The molecule has 4 aromatic rings. The van der Waals surface area contributed by atoms with Gasteiger partial charge < -0.3 is 20.0 Å². The van der Waals surface area contributed by atoms with Gasteiger partial charge in [-0.1, -0.05) is 0 Å². The summed E-state index contributed by atoms with van der Waals surface area (Å²) in [5.41, 5.74) is 7.88. The molecule has 1 fully saturated rings. The third-order valence-corrected chi connectivity index (χ3v) is 8.26. The molecule has 0 aliphatic carbocycles. The van der Waals surface area contributed by atoms with Gasteiger partial charge in [0.05, 0.1) is 16.8 Å². The molecule has 1 aliphatic rings. The number of rotatable bonds is 6. The lowest BCUT2D eigenvalue weighted by Gasteiger charge is -2.14. The summed E-state index contributed by atoms with van der Waals surface area (Å²) in [5, 5.41) is 11.9. The molecule has 5 rings (SSSR count). The highest BCUT2D eigenvalue weighted by Gasteiger charge is 2.22. The SMILES string of the molecule is CC(C)[S+]([O-])c1ccc(-c2cnc(N)c(-c3nnc(-c4ccc(C5CCCN5)s4)o3)n2)cc1. The fraction of sp³-hybridized carbons (Fsp3) is 0.304. The standard InChI is InChI=1S/C23H24N6O2S2/c1-13(2)33(30)15-7-5-14(6-8-15)17-12-26-21(24)20(27-17)23-29-28-22(31-23)19-10-9-18(32-19)16-4-3-11-25-16/h5-10,12-13,16,25H,3-4,11H2,1-2H3,(H2,24,26). The molecule has 3 aromatic heterocycles. The quantitative estimate of drug-likeness (QED) is 0.388. The molecule has 2 unspecified atom stereocenters. The third-order valence-electron chi connectivity index (χ3n) is 5.48. The van der Waals surface area contributed by atoms with Crippen molar-refractivity contribution in [1.82, 2.24) is 25.5 Å². The van der Waals surface area contributed by atoms with Gasteiger partial charge in [0.15, 0.2) is 16.4 Å². The van der Waals surface area contributed by atoms with Crippen LogP contribution in [0.2, 0.25) is 0 Å². The van der Waals surface area contributed by atoms with E-state index in [-0.39, 0.29) is 17.0 Å². The maximum absolute atomic E-state index is 12.3. The first kappa shape index (κ1) is 22.0. The van der Waals surface area contributed by atoms with Gasteiger partial charge in [0, 0.05) is 16.5 Å². The molecular formula is C23H24N6O2S2. The Balaban J connectivity index is 1.40. The van der Waals surface area contributed by atoms with Crippen LogP contribution in [-0.2, 0) is 11.2 Å². The van der Waals surface area contributed by atoms with Crippen molar-refractivity contribution in [2.24, 2.45) is 0 Å². The van der Waals surface area contributed by atoms with Crippen molar-refractivity contribution in [3.63, 3.8) is 0 Å². The number of nitrogens with two attached hydrogens (primary N) is 1. The van der Waals surface area contributed by atoms with Crippen molar-refractivity contribution in [3.05, 3.63) is 47.5 Å². The molecule has 0 radical (unpaired) electrons. The summed E-state index contributed by atoms with van der Waals surface area (Å²) < 4.78 is 18.2. The number of benzene rings is 1. The molecule has 1 saturated heterocycles. The van der Waals surface area contributed by atoms with Crippen LogP contribution >= 0.6 is 11.3 Å². The molecule has 0 spiro atoms. The summed E-state index contributed by atoms with van der Waals surface area (Å²) in [4.78, 5) is 11.9. The lowest BCUT2D eigenvalue weighted by Crippen LogP contribution is -2.13. The Bertz CT molecular complexity index is 1250. The van der Waals surface area contributed by atoms with Crippen LogP contribution in [0.1, 0.15) is 37.6 Å². The Labute approximate surface area is 198 Å². The van der Waals surface area contributed by atoms with Gasteiger partial charge in [0.25, 0.3) is 11.8 Å². The summed E-state index contributed by atoms with van der Waals surface area (Å²) in [6, 6.07) is 12.0. The summed E-state index contributed by atoms with van der Waals surface area (Å²) in [6.07, 6.45) is 3.93. The summed E-state index contributed by atoms with van der Waals surface area (Å²) >= 11 is 0.606. The van der Waals surface area contributed by atoms with E-state index in [4.69, 9.17) is 10.2 Å². The van der Waals surface area contributed by atoms with E-state index in [1.165, 1.54) is 11.3 Å². The normalized spacial score (nSPS) is 17.0. The third kappa shape index (κ3) is 4.51. The van der Waals surface area contributed by atoms with E-state index in [0.29, 0.717) is 23.3 Å². The second-order valence-electron chi connectivity index (χ2n) is 8.12. The second-order valence-corrected chi connectivity index (χ2v) is 11.2. The van der Waals surface area contributed by atoms with Gasteiger partial charge in [-0.2, -0.15) is 0 Å². The topological polar surface area (TPSA) is 126 Å². The molecule has 1 aliphatic heterocycles. The van der Waals surface area contributed by atoms with Gasteiger partial charge in [-0.3, -0.25) is 0 Å². The van der Waals surface area contributed by atoms with Gasteiger partial charge in [-0.15, -0.1) is 21.5 Å². The van der Waals surface area contributed by atoms with Crippen molar-refractivity contribution in [1.29, 1.82) is 0 Å². The smallest absolute Gasteiger partial charge is 0.270 e. The van der Waals surface area contributed by atoms with Crippen LogP contribution in [0.15, 0.2) is 51.9 Å². The summed E-state index contributed by atoms with van der Waals surface area (Å²) in [5.74, 6) is 0.878. The molecule has 33 heavy (non-hydrogen) atoms. The second kappa shape index (κ2) is 9.22. The van der Waals surface area contributed by atoms with Crippen molar-refractivity contribution in [2.45, 2.75) is 42.9 Å². The zero-order valence-corrected chi connectivity index (χ0v) is 19.9. The average Bonchev–Trinajstić information content (AvgIpc) is 3.60. The molecule has 3 N–H and O–H groups in total. The van der Waals surface area contributed by atoms with E-state index in [0.717, 1.165) is 28.3 Å². The van der Waals surface area contributed by atoms with E-state index in [2.05, 4.69) is 31.5 Å². The molecule has 2 atom stereocenters. The molecule has 0 saturated carbocycles. The zero-order chi connectivity index (χ0) is 22.9. The van der Waals surface area contributed by atoms with Gasteiger partial charge in [0.1, 0.15) is 5.25 Å². The van der Waals surface area contributed by atoms with Gasteiger partial charge >= 0.3 is 0 Å². The fourth-order valence-electron chi connectivity index (χ4n) is 3.73. The van der Waals surface area contributed by atoms with Crippen LogP contribution in [0, 0.1) is 0 Å². The van der Waals surface area contributed by atoms with Crippen molar-refractivity contribution in [2.75, 3.05) is 12.3 Å². The highest BCUT2D eigenvalue weighted by molar-refractivity contribution is 7.92. The number of hydrogen-bond acceptors (Lipinski definition) is 9. The van der Waals surface area contributed by atoms with E-state index in [1.807, 2.05) is 44.2 Å². The highest BCUT2D eigenvalue weighted by atomic mass is 32.2. The minimum Gasteiger partial charge on any atom is -0.611 e. The van der Waals surface area contributed by atoms with Gasteiger partial charge in [-0.25, -0.2) is 9.97 Å². The summed E-state index contributed by atoms with van der Waals surface area (Å²) in [7, 11) is 0. The van der Waals surface area contributed by atoms with E-state index >= 15 is 0 Å². The van der Waals surface area contributed by atoms with E-state index < -0.39 is 11.2 Å². The maximum atomic E-state index is 12.3. The van der Waals surface area contributed by atoms with Crippen LogP contribution < -0.4 is 11.1 Å². The van der Waals surface area contributed by atoms with Crippen molar-refractivity contribution >= 4 is 28.3 Å². The number of nitrogen functional groups attached to an aromatic ring is 1. The van der Waals surface area contributed by atoms with Crippen molar-refractivity contribution in [3.8, 4) is 33.6 Å². The zero-order valence-electron chi connectivity index (χ0n) is 18.3. The van der Waals surface area contributed by atoms with Crippen molar-refractivity contribution < 1.29 is 8.97 Å². The van der Waals surface area contributed by atoms with Gasteiger partial charge in [0.2, 0.25) is 0 Å². The largest absolute Gasteiger partial charge is 0.611 e. The first-order chi connectivity index (χ1) is 16.0. The minimum atomic E-state index is -1.04. The average molecular weight is 481 g/mol. The first-order valence-corrected chi connectivity index (χ1v) is 12.8. The molecule has 4 heterocycles. The van der Waals surface area contributed by atoms with E-state index in [9.17, 15) is 4.55 Å². The number of nitrogens with zero attached hydrogens (tertiary/aromatic N) is 4. The lowest BCUT2D eigenvalue weighted by atomic mass is 10.1. The monoisotopic (exact) mass is 480 g/mol. The van der Waals surface area contributed by atoms with Crippen LogP contribution in [-0.4, -0.2) is 36.5 Å². The molecule has 8 nitrogen and oxygen atoms in total. The predicted molar refractivity (Wildman–Crippen MR) is 130 cm³/mol. The number of hydrogen-bond donors (Lipinski definition) is 2. The molecule has 1 aromatic carbocycles. The molecule has 170 valence electrons. The van der Waals surface area contributed by atoms with Crippen LogP contribution in [0.3, 0.4) is 0 Å². The highest BCUT2D eigenvalue weighted by Crippen LogP contribution is 2.35. The first-order valence-electron chi connectivity index (χ1n) is 10.8. The fourth-order valence-corrected chi connectivity index (χ4v) is 5.72. The minimum absolute atomic E-state index is 0.0549. The Morgan fingerprint density at radius 1 is 1.15 bits per heavy atom. The predicted octanol–water partition coefficient (Wildman–Crippen LogP) is 4.44. The number of anilines is 1. The molecule has 0 amide bonds.